The Labute approximate surface area is 248 Å². The van der Waals surface area contributed by atoms with Crippen molar-refractivity contribution < 1.29 is 37.1 Å². The van der Waals surface area contributed by atoms with Crippen LogP contribution in [0.5, 0.6) is 0 Å². The molecule has 7 nitrogen and oxygen atoms in total. The summed E-state index contributed by atoms with van der Waals surface area (Å²) < 4.78 is 45.3. The van der Waals surface area contributed by atoms with Crippen LogP contribution >= 0.6 is 11.6 Å². The van der Waals surface area contributed by atoms with Gasteiger partial charge in [-0.15, -0.1) is 0 Å². The molecule has 0 saturated heterocycles. The highest BCUT2D eigenvalue weighted by atomic mass is 35.5. The smallest absolute Gasteiger partial charge is 0.416 e. The summed E-state index contributed by atoms with van der Waals surface area (Å²) in [5, 5.41) is 2.16. The summed E-state index contributed by atoms with van der Waals surface area (Å²) in [4.78, 5) is 54.1. The number of imide groups is 1. The van der Waals surface area contributed by atoms with Gasteiger partial charge in [0.2, 0.25) is 6.10 Å². The predicted molar refractivity (Wildman–Crippen MR) is 153 cm³/mol. The molecule has 0 bridgehead atoms. The van der Waals surface area contributed by atoms with Gasteiger partial charge in [0.15, 0.2) is 0 Å². The molecule has 0 spiro atoms. The van der Waals surface area contributed by atoms with E-state index in [1.165, 1.54) is 30.3 Å². The number of esters is 1. The molecule has 0 radical (unpaired) electrons. The van der Waals surface area contributed by atoms with Gasteiger partial charge in [-0.3, -0.25) is 14.4 Å². The topological polar surface area (TPSA) is 92.8 Å². The molecule has 5 rings (SSSR count). The molecule has 1 aliphatic rings. The first-order valence-electron chi connectivity index (χ1n) is 12.9. The fraction of sp³-hybridized carbons (Fsp3) is 0.125. The molecule has 1 aliphatic heterocycles. The highest BCUT2D eigenvalue weighted by molar-refractivity contribution is 6.35. The number of ether oxygens (including phenoxy) is 1. The number of fused-ring (bicyclic) bond motifs is 1. The lowest BCUT2D eigenvalue weighted by atomic mass is 10.1. The zero-order chi connectivity index (χ0) is 31.1. The van der Waals surface area contributed by atoms with Crippen LogP contribution in [0.25, 0.3) is 0 Å². The molecule has 4 aromatic carbocycles. The molecule has 0 aromatic heterocycles. The standard InChI is InChI=1S/C32H22ClF3N2O5/c1-17-8-9-18(2)26(14-17)38-29(40)22-12-10-20(15-23(22)30(38)41)31(42)43-27(19-6-4-3-5-7-19)28(39)37-25-16-21(32(34,35)36)11-13-24(25)33/h3-16,27H,1-2H3,(H,37,39)/t27-/m0/s1. The van der Waals surface area contributed by atoms with Gasteiger partial charge < -0.3 is 10.1 Å². The first kappa shape index (κ1) is 29.5. The first-order chi connectivity index (χ1) is 20.3. The lowest BCUT2D eigenvalue weighted by Crippen LogP contribution is -2.30. The van der Waals surface area contributed by atoms with Gasteiger partial charge in [-0.05, 0) is 67.4 Å². The number of hydrogen-bond acceptors (Lipinski definition) is 5. The zero-order valence-corrected chi connectivity index (χ0v) is 23.4. The van der Waals surface area contributed by atoms with Crippen molar-refractivity contribution in [3.05, 3.63) is 129 Å². The maximum atomic E-state index is 13.3. The van der Waals surface area contributed by atoms with Crippen molar-refractivity contribution in [3.63, 3.8) is 0 Å². The fourth-order valence-corrected chi connectivity index (χ4v) is 4.78. The molecule has 0 aliphatic carbocycles. The first-order valence-corrected chi connectivity index (χ1v) is 13.3. The Balaban J connectivity index is 1.43. The minimum atomic E-state index is -4.69. The van der Waals surface area contributed by atoms with Gasteiger partial charge in [0, 0.05) is 5.56 Å². The van der Waals surface area contributed by atoms with E-state index in [0.29, 0.717) is 17.3 Å². The SMILES string of the molecule is Cc1ccc(C)c(N2C(=O)c3ccc(C(=O)O[C@H](C(=O)Nc4cc(C(F)(F)F)ccc4Cl)c4ccccc4)cc3C2=O)c1. The second-order valence-corrected chi connectivity index (χ2v) is 10.3. The number of rotatable bonds is 6. The highest BCUT2D eigenvalue weighted by Crippen LogP contribution is 2.35. The average molecular weight is 607 g/mol. The van der Waals surface area contributed by atoms with Crippen molar-refractivity contribution in [2.45, 2.75) is 26.1 Å². The number of amides is 3. The summed E-state index contributed by atoms with van der Waals surface area (Å²) in [6.07, 6.45) is -6.29. The lowest BCUT2D eigenvalue weighted by Gasteiger charge is -2.19. The normalized spacial score (nSPS) is 13.5. The van der Waals surface area contributed by atoms with Crippen LogP contribution in [-0.4, -0.2) is 23.7 Å². The summed E-state index contributed by atoms with van der Waals surface area (Å²) in [5.41, 5.74) is 0.800. The molecule has 1 atom stereocenters. The summed E-state index contributed by atoms with van der Waals surface area (Å²) in [5.74, 6) is -3.14. The van der Waals surface area contributed by atoms with E-state index in [-0.39, 0.29) is 33.0 Å². The molecule has 218 valence electrons. The number of hydrogen-bond donors (Lipinski definition) is 1. The molecule has 0 unspecified atom stereocenters. The van der Waals surface area contributed by atoms with Crippen LogP contribution in [0.4, 0.5) is 24.5 Å². The molecular formula is C32H22ClF3N2O5. The minimum absolute atomic E-state index is 0.0168. The van der Waals surface area contributed by atoms with Gasteiger partial charge in [0.1, 0.15) is 0 Å². The van der Waals surface area contributed by atoms with Crippen LogP contribution in [0.3, 0.4) is 0 Å². The van der Waals surface area contributed by atoms with E-state index in [9.17, 15) is 32.3 Å². The van der Waals surface area contributed by atoms with Crippen LogP contribution in [0.2, 0.25) is 5.02 Å². The van der Waals surface area contributed by atoms with E-state index in [1.807, 2.05) is 13.0 Å². The van der Waals surface area contributed by atoms with Crippen LogP contribution in [0.15, 0.2) is 84.9 Å². The Kier molecular flexibility index (Phi) is 7.81. The number of anilines is 2. The Morgan fingerprint density at radius 3 is 2.26 bits per heavy atom. The number of benzene rings is 4. The zero-order valence-electron chi connectivity index (χ0n) is 22.7. The molecule has 1 N–H and O–H groups in total. The Bertz CT molecular complexity index is 1790. The summed E-state index contributed by atoms with van der Waals surface area (Å²) in [7, 11) is 0. The molecule has 0 fully saturated rings. The summed E-state index contributed by atoms with van der Waals surface area (Å²) >= 11 is 6.04. The number of nitrogens with one attached hydrogen (secondary N) is 1. The maximum absolute atomic E-state index is 13.3. The molecular weight excluding hydrogens is 585 g/mol. The van der Waals surface area contributed by atoms with Gasteiger partial charge in [0.25, 0.3) is 17.7 Å². The summed E-state index contributed by atoms with van der Waals surface area (Å²) in [6, 6.07) is 19.5. The Morgan fingerprint density at radius 2 is 1.56 bits per heavy atom. The Morgan fingerprint density at radius 1 is 0.860 bits per heavy atom. The van der Waals surface area contributed by atoms with E-state index in [2.05, 4.69) is 5.32 Å². The maximum Gasteiger partial charge on any atom is 0.416 e. The molecule has 11 heteroatoms. The third-order valence-electron chi connectivity index (χ3n) is 6.84. The molecule has 0 saturated carbocycles. The number of aryl methyl sites for hydroxylation is 2. The number of halogens is 4. The largest absolute Gasteiger partial charge is 0.444 e. The van der Waals surface area contributed by atoms with E-state index in [4.69, 9.17) is 16.3 Å². The molecule has 4 aromatic rings. The second kappa shape index (κ2) is 11.4. The van der Waals surface area contributed by atoms with Crippen LogP contribution in [0.1, 0.15) is 59.4 Å². The van der Waals surface area contributed by atoms with Crippen LogP contribution < -0.4 is 10.2 Å². The monoisotopic (exact) mass is 606 g/mol. The van der Waals surface area contributed by atoms with Crippen LogP contribution in [0, 0.1) is 13.8 Å². The average Bonchev–Trinajstić information content (AvgIpc) is 3.22. The highest BCUT2D eigenvalue weighted by Gasteiger charge is 2.38. The van der Waals surface area contributed by atoms with Gasteiger partial charge in [-0.1, -0.05) is 54.1 Å². The van der Waals surface area contributed by atoms with Gasteiger partial charge in [-0.25, -0.2) is 9.69 Å². The number of carbonyl (C=O) groups is 4. The lowest BCUT2D eigenvalue weighted by molar-refractivity contribution is -0.137. The fourth-order valence-electron chi connectivity index (χ4n) is 4.62. The van der Waals surface area contributed by atoms with Gasteiger partial charge in [0.05, 0.1) is 38.7 Å². The van der Waals surface area contributed by atoms with Crippen molar-refractivity contribution >= 4 is 46.7 Å². The third kappa shape index (κ3) is 5.87. The summed E-state index contributed by atoms with van der Waals surface area (Å²) in [6.45, 7) is 3.60. The molecule has 3 amide bonds. The van der Waals surface area contributed by atoms with Crippen molar-refractivity contribution in [2.24, 2.45) is 0 Å². The van der Waals surface area contributed by atoms with E-state index >= 15 is 0 Å². The van der Waals surface area contributed by atoms with Gasteiger partial charge >= 0.3 is 12.1 Å². The third-order valence-corrected chi connectivity index (χ3v) is 7.17. The number of alkyl halides is 3. The van der Waals surface area contributed by atoms with E-state index < -0.39 is 41.5 Å². The quantitative estimate of drug-likeness (QED) is 0.183. The Hall–Kier alpha value is -4.96. The van der Waals surface area contributed by atoms with Crippen molar-refractivity contribution in [1.29, 1.82) is 0 Å². The van der Waals surface area contributed by atoms with Crippen molar-refractivity contribution in [2.75, 3.05) is 10.2 Å². The van der Waals surface area contributed by atoms with Crippen LogP contribution in [-0.2, 0) is 15.7 Å². The van der Waals surface area contributed by atoms with Crippen molar-refractivity contribution in [3.8, 4) is 0 Å². The molecule has 43 heavy (non-hydrogen) atoms. The van der Waals surface area contributed by atoms with E-state index in [1.54, 1.807) is 37.3 Å². The van der Waals surface area contributed by atoms with Gasteiger partial charge in [-0.2, -0.15) is 13.2 Å². The minimum Gasteiger partial charge on any atom is -0.444 e. The number of nitrogens with zero attached hydrogens (tertiary/aromatic N) is 1. The second-order valence-electron chi connectivity index (χ2n) is 9.87. The number of carbonyl (C=O) groups excluding carboxylic acids is 4. The molecule has 1 heterocycles. The van der Waals surface area contributed by atoms with E-state index in [0.717, 1.165) is 22.6 Å². The van der Waals surface area contributed by atoms with Crippen molar-refractivity contribution in [1.82, 2.24) is 0 Å². The predicted octanol–water partition coefficient (Wildman–Crippen LogP) is 7.31.